The second kappa shape index (κ2) is 17.8. The predicted molar refractivity (Wildman–Crippen MR) is 288 cm³/mol. The lowest BCUT2D eigenvalue weighted by molar-refractivity contribution is 1.18. The third-order valence-electron chi connectivity index (χ3n) is 13.2. The lowest BCUT2D eigenvalue weighted by Gasteiger charge is -2.29. The van der Waals surface area contributed by atoms with Crippen LogP contribution in [0.15, 0.2) is 279 Å². The van der Waals surface area contributed by atoms with Gasteiger partial charge in [0.15, 0.2) is 0 Å². The minimum atomic E-state index is 1.07. The van der Waals surface area contributed by atoms with E-state index in [4.69, 9.17) is 0 Å². The van der Waals surface area contributed by atoms with Gasteiger partial charge in [0.1, 0.15) is 0 Å². The van der Waals surface area contributed by atoms with E-state index in [0.29, 0.717) is 0 Å². The Morgan fingerprint density at radius 2 is 0.662 bits per heavy atom. The summed E-state index contributed by atoms with van der Waals surface area (Å²) in [6, 6.07) is 101. The maximum atomic E-state index is 2.44. The first-order chi connectivity index (χ1) is 33.7. The first-order valence-corrected chi connectivity index (χ1v) is 23.3. The highest BCUT2D eigenvalue weighted by Gasteiger charge is 2.21. The minimum absolute atomic E-state index is 1.07. The Balaban J connectivity index is 1.02. The zero-order chi connectivity index (χ0) is 45.2. The SMILES string of the molecule is c1ccc(-c2ccc(-c3ccc(N(c4cc(-c5ccccc5)cc(-c5ccccc5)c4)c4ccccc4-c4cccc(-c5cccc6c5c5ccccc5n6-c5ccccc5)c4)cc3)cc2)cc1. The molecule has 0 N–H and O–H groups in total. The van der Waals surface area contributed by atoms with Gasteiger partial charge in [-0.05, 0) is 128 Å². The monoisotopic (exact) mass is 866 g/mol. The van der Waals surface area contributed by atoms with E-state index in [0.717, 1.165) is 45.0 Å². The number of fused-ring (bicyclic) bond motifs is 3. The third-order valence-corrected chi connectivity index (χ3v) is 13.2. The van der Waals surface area contributed by atoms with Gasteiger partial charge in [0.05, 0.1) is 16.7 Å². The standard InChI is InChI=1S/C66H46N2/c1-5-19-47(20-6-1)50-35-37-51(38-36-50)52-39-41-58(42-40-52)67(59-45-55(48-21-7-2-8-22-48)44-56(46-59)49-23-9-3-10-24-49)63-32-15-13-29-60(63)53-25-17-26-54(43-53)61-31-18-34-65-66(61)62-30-14-16-33-64(62)68(65)57-27-11-4-12-28-57/h1-46H. The average molecular weight is 867 g/mol. The highest BCUT2D eigenvalue weighted by atomic mass is 15.1. The van der Waals surface area contributed by atoms with Crippen molar-refractivity contribution in [1.82, 2.24) is 4.57 Å². The van der Waals surface area contributed by atoms with Gasteiger partial charge < -0.3 is 9.47 Å². The zero-order valence-electron chi connectivity index (χ0n) is 37.5. The molecular formula is C66H46N2. The number of nitrogens with zero attached hydrogens (tertiary/aromatic N) is 2. The van der Waals surface area contributed by atoms with Crippen molar-refractivity contribution in [2.24, 2.45) is 0 Å². The molecule has 0 aliphatic carbocycles. The Hall–Kier alpha value is -8.98. The molecule has 0 spiro atoms. The summed E-state index contributed by atoms with van der Waals surface area (Å²) in [4.78, 5) is 2.44. The molecule has 68 heavy (non-hydrogen) atoms. The predicted octanol–water partition coefficient (Wildman–Crippen LogP) is 18.3. The Bertz CT molecular complexity index is 3630. The molecule has 0 saturated carbocycles. The fourth-order valence-corrected chi connectivity index (χ4v) is 9.93. The molecule has 2 nitrogen and oxygen atoms in total. The Kier molecular flexibility index (Phi) is 10.6. The highest BCUT2D eigenvalue weighted by molar-refractivity contribution is 6.16. The van der Waals surface area contributed by atoms with Crippen LogP contribution in [0.5, 0.6) is 0 Å². The summed E-state index contributed by atoms with van der Waals surface area (Å²) in [5.74, 6) is 0. The molecule has 0 atom stereocenters. The third kappa shape index (κ3) is 7.64. The summed E-state index contributed by atoms with van der Waals surface area (Å²) in [5.41, 5.74) is 20.9. The Morgan fingerprint density at radius 1 is 0.250 bits per heavy atom. The van der Waals surface area contributed by atoms with Crippen molar-refractivity contribution in [3.63, 3.8) is 0 Å². The van der Waals surface area contributed by atoms with Crippen LogP contribution in [0.1, 0.15) is 0 Å². The summed E-state index contributed by atoms with van der Waals surface area (Å²) in [6.07, 6.45) is 0. The van der Waals surface area contributed by atoms with Crippen molar-refractivity contribution in [2.75, 3.05) is 4.90 Å². The summed E-state index contributed by atoms with van der Waals surface area (Å²) >= 11 is 0. The van der Waals surface area contributed by atoms with Gasteiger partial charge in [-0.15, -0.1) is 0 Å². The normalized spacial score (nSPS) is 11.2. The van der Waals surface area contributed by atoms with E-state index < -0.39 is 0 Å². The van der Waals surface area contributed by atoms with Gasteiger partial charge in [0.25, 0.3) is 0 Å². The van der Waals surface area contributed by atoms with E-state index in [1.807, 2.05) is 0 Å². The van der Waals surface area contributed by atoms with Gasteiger partial charge in [0.2, 0.25) is 0 Å². The molecular weight excluding hydrogens is 821 g/mol. The van der Waals surface area contributed by atoms with Gasteiger partial charge in [-0.3, -0.25) is 0 Å². The number of hydrogen-bond donors (Lipinski definition) is 0. The van der Waals surface area contributed by atoms with Crippen LogP contribution in [0, 0.1) is 0 Å². The second-order valence-corrected chi connectivity index (χ2v) is 17.3. The molecule has 0 radical (unpaired) electrons. The topological polar surface area (TPSA) is 8.17 Å². The molecule has 11 aromatic carbocycles. The number of benzene rings is 11. The number of anilines is 3. The van der Waals surface area contributed by atoms with Crippen LogP contribution < -0.4 is 4.90 Å². The molecule has 320 valence electrons. The van der Waals surface area contributed by atoms with Gasteiger partial charge in [0, 0.05) is 33.4 Å². The quantitative estimate of drug-likeness (QED) is 0.133. The van der Waals surface area contributed by atoms with Crippen LogP contribution in [0.25, 0.3) is 94.3 Å². The van der Waals surface area contributed by atoms with Crippen molar-refractivity contribution in [3.05, 3.63) is 279 Å². The van der Waals surface area contributed by atoms with Crippen LogP contribution in [-0.4, -0.2) is 4.57 Å². The minimum Gasteiger partial charge on any atom is -0.310 e. The molecule has 12 rings (SSSR count). The molecule has 1 heterocycles. The van der Waals surface area contributed by atoms with Crippen LogP contribution in [-0.2, 0) is 0 Å². The first-order valence-electron chi connectivity index (χ1n) is 23.3. The zero-order valence-corrected chi connectivity index (χ0v) is 37.5. The largest absolute Gasteiger partial charge is 0.310 e. The van der Waals surface area contributed by atoms with E-state index in [2.05, 4.69) is 289 Å². The number of hydrogen-bond acceptors (Lipinski definition) is 1. The summed E-state index contributed by atoms with van der Waals surface area (Å²) in [6.45, 7) is 0. The van der Waals surface area contributed by atoms with Gasteiger partial charge in [-0.25, -0.2) is 0 Å². The van der Waals surface area contributed by atoms with Crippen molar-refractivity contribution in [2.45, 2.75) is 0 Å². The van der Waals surface area contributed by atoms with Crippen LogP contribution >= 0.6 is 0 Å². The van der Waals surface area contributed by atoms with Crippen LogP contribution in [0.3, 0.4) is 0 Å². The Morgan fingerprint density at radius 3 is 1.28 bits per heavy atom. The Labute approximate surface area is 397 Å². The number of para-hydroxylation sites is 3. The van der Waals surface area contributed by atoms with E-state index >= 15 is 0 Å². The van der Waals surface area contributed by atoms with Crippen LogP contribution in [0.4, 0.5) is 17.1 Å². The van der Waals surface area contributed by atoms with E-state index in [1.54, 1.807) is 0 Å². The lowest BCUT2D eigenvalue weighted by atomic mass is 9.94. The molecule has 0 unspecified atom stereocenters. The van der Waals surface area contributed by atoms with E-state index in [1.165, 1.54) is 66.3 Å². The molecule has 12 aromatic rings. The highest BCUT2D eigenvalue weighted by Crippen LogP contribution is 2.45. The molecule has 0 bridgehead atoms. The molecule has 0 fully saturated rings. The average Bonchev–Trinajstić information content (AvgIpc) is 3.77. The summed E-state index contributed by atoms with van der Waals surface area (Å²) in [5, 5.41) is 2.49. The fourth-order valence-electron chi connectivity index (χ4n) is 9.93. The molecule has 0 saturated heterocycles. The second-order valence-electron chi connectivity index (χ2n) is 17.3. The van der Waals surface area contributed by atoms with Crippen molar-refractivity contribution < 1.29 is 0 Å². The van der Waals surface area contributed by atoms with Crippen molar-refractivity contribution in [1.29, 1.82) is 0 Å². The van der Waals surface area contributed by atoms with Crippen molar-refractivity contribution >= 4 is 38.9 Å². The molecule has 0 amide bonds. The molecule has 0 aliphatic rings. The van der Waals surface area contributed by atoms with Crippen molar-refractivity contribution in [3.8, 4) is 72.4 Å². The summed E-state index contributed by atoms with van der Waals surface area (Å²) in [7, 11) is 0. The van der Waals surface area contributed by atoms with E-state index in [9.17, 15) is 0 Å². The van der Waals surface area contributed by atoms with Gasteiger partial charge >= 0.3 is 0 Å². The summed E-state index contributed by atoms with van der Waals surface area (Å²) < 4.78 is 2.39. The lowest BCUT2D eigenvalue weighted by Crippen LogP contribution is -2.11. The maximum absolute atomic E-state index is 2.44. The molecule has 2 heteroatoms. The first kappa shape index (κ1) is 40.5. The fraction of sp³-hybridized carbons (Fsp3) is 0. The molecule has 1 aromatic heterocycles. The number of aromatic nitrogens is 1. The maximum Gasteiger partial charge on any atom is 0.0547 e. The van der Waals surface area contributed by atoms with Crippen LogP contribution in [0.2, 0.25) is 0 Å². The van der Waals surface area contributed by atoms with E-state index in [-0.39, 0.29) is 0 Å². The molecule has 0 aliphatic heterocycles. The van der Waals surface area contributed by atoms with Gasteiger partial charge in [-0.1, -0.05) is 212 Å². The smallest absolute Gasteiger partial charge is 0.0547 e. The number of rotatable bonds is 10. The van der Waals surface area contributed by atoms with Gasteiger partial charge in [-0.2, -0.15) is 0 Å².